The fourth-order valence-corrected chi connectivity index (χ4v) is 11.5. The van der Waals surface area contributed by atoms with E-state index in [1.54, 1.807) is 0 Å². The van der Waals surface area contributed by atoms with Crippen LogP contribution in [0.25, 0.3) is 0 Å². The van der Waals surface area contributed by atoms with E-state index in [1.165, 1.54) is 327 Å². The molecule has 0 fully saturated rings. The van der Waals surface area contributed by atoms with E-state index in [4.69, 9.17) is 14.2 Å². The van der Waals surface area contributed by atoms with Gasteiger partial charge in [-0.25, -0.2) is 0 Å². The minimum Gasteiger partial charge on any atom is -0.462 e. The summed E-state index contributed by atoms with van der Waals surface area (Å²) in [6, 6.07) is 0. The van der Waals surface area contributed by atoms with E-state index < -0.39 is 6.10 Å². The van der Waals surface area contributed by atoms with Crippen LogP contribution in [0.3, 0.4) is 0 Å². The Morgan fingerprint density at radius 1 is 0.205 bits per heavy atom. The molecule has 0 aliphatic carbocycles. The molecule has 0 aromatic heterocycles. The lowest BCUT2D eigenvalue weighted by Gasteiger charge is -2.18. The van der Waals surface area contributed by atoms with Crippen molar-refractivity contribution in [3.05, 3.63) is 0 Å². The van der Waals surface area contributed by atoms with E-state index >= 15 is 0 Å². The molecule has 0 aromatic rings. The number of carbonyl (C=O) groups excluding carboxylic acids is 3. The van der Waals surface area contributed by atoms with Crippen molar-refractivity contribution in [1.82, 2.24) is 0 Å². The maximum absolute atomic E-state index is 12.9. The van der Waals surface area contributed by atoms with Crippen molar-refractivity contribution in [1.29, 1.82) is 0 Å². The maximum Gasteiger partial charge on any atom is 0.306 e. The molecule has 0 heterocycles. The van der Waals surface area contributed by atoms with Crippen LogP contribution in [-0.2, 0) is 28.6 Å². The second-order valence-electron chi connectivity index (χ2n) is 24.9. The van der Waals surface area contributed by atoms with Crippen LogP contribution in [0.1, 0.15) is 425 Å². The molecule has 6 nitrogen and oxygen atoms in total. The topological polar surface area (TPSA) is 78.9 Å². The van der Waals surface area contributed by atoms with E-state index in [1.807, 2.05) is 0 Å². The highest BCUT2D eigenvalue weighted by Gasteiger charge is 2.20. The second-order valence-corrected chi connectivity index (χ2v) is 24.9. The van der Waals surface area contributed by atoms with Gasteiger partial charge in [-0.3, -0.25) is 14.4 Å². The summed E-state index contributed by atoms with van der Waals surface area (Å²) < 4.78 is 17.0. The third kappa shape index (κ3) is 65.2. The van der Waals surface area contributed by atoms with Crippen molar-refractivity contribution in [2.75, 3.05) is 13.2 Å². The van der Waals surface area contributed by atoms with Crippen LogP contribution < -0.4 is 0 Å². The highest BCUT2D eigenvalue weighted by molar-refractivity contribution is 5.71. The Hall–Kier alpha value is -1.59. The summed E-state index contributed by atoms with van der Waals surface area (Å²) >= 11 is 0. The molecule has 0 aliphatic heterocycles. The van der Waals surface area contributed by atoms with Gasteiger partial charge in [-0.2, -0.15) is 0 Å². The van der Waals surface area contributed by atoms with Crippen molar-refractivity contribution >= 4 is 17.9 Å². The molecule has 0 bridgehead atoms. The van der Waals surface area contributed by atoms with Gasteiger partial charge in [0.1, 0.15) is 13.2 Å². The Morgan fingerprint density at radius 2 is 0.346 bits per heavy atom. The van der Waals surface area contributed by atoms with E-state index in [9.17, 15) is 14.4 Å². The predicted molar refractivity (Wildman–Crippen MR) is 340 cm³/mol. The third-order valence-electron chi connectivity index (χ3n) is 16.9. The number of ether oxygens (including phenoxy) is 3. The van der Waals surface area contributed by atoms with Crippen molar-refractivity contribution in [3.8, 4) is 0 Å². The SMILES string of the molecule is CCCCCCCCCCCCCCCCCCCCCCCCCCCCCCC(=O)OCC(COC(=O)CCCCCCCCCCC)OC(=O)CCCCCCCCCCCCCCCCCCCCCCCCC. The second kappa shape index (κ2) is 67.9. The Morgan fingerprint density at radius 3 is 0.513 bits per heavy atom. The van der Waals surface area contributed by atoms with Crippen molar-refractivity contribution in [2.24, 2.45) is 0 Å². The van der Waals surface area contributed by atoms with Gasteiger partial charge in [-0.1, -0.05) is 387 Å². The molecule has 78 heavy (non-hydrogen) atoms. The van der Waals surface area contributed by atoms with E-state index in [2.05, 4.69) is 20.8 Å². The molecule has 1 atom stereocenters. The molecular weight excluding hydrogens is 961 g/mol. The first kappa shape index (κ1) is 76.4. The van der Waals surface area contributed by atoms with Crippen LogP contribution in [-0.4, -0.2) is 37.2 Å². The molecule has 0 spiro atoms. The molecule has 6 heteroatoms. The van der Waals surface area contributed by atoms with E-state index in [0.29, 0.717) is 19.3 Å². The molecule has 0 saturated carbocycles. The Bertz CT molecular complexity index is 1170. The lowest BCUT2D eigenvalue weighted by Crippen LogP contribution is -2.30. The third-order valence-corrected chi connectivity index (χ3v) is 16.9. The molecular formula is C72H140O6. The van der Waals surface area contributed by atoms with Gasteiger partial charge in [0.2, 0.25) is 0 Å². The van der Waals surface area contributed by atoms with Gasteiger partial charge in [0.05, 0.1) is 0 Å². The summed E-state index contributed by atoms with van der Waals surface area (Å²) in [4.78, 5) is 38.3. The van der Waals surface area contributed by atoms with Gasteiger partial charge in [0, 0.05) is 19.3 Å². The number of esters is 3. The number of carbonyl (C=O) groups is 3. The average molecular weight is 1100 g/mol. The van der Waals surface area contributed by atoms with Gasteiger partial charge < -0.3 is 14.2 Å². The van der Waals surface area contributed by atoms with Crippen LogP contribution in [0.4, 0.5) is 0 Å². The van der Waals surface area contributed by atoms with Crippen LogP contribution in [0.5, 0.6) is 0 Å². The van der Waals surface area contributed by atoms with Gasteiger partial charge in [0.15, 0.2) is 6.10 Å². The smallest absolute Gasteiger partial charge is 0.306 e. The Balaban J connectivity index is 4.05. The summed E-state index contributed by atoms with van der Waals surface area (Å²) in [6.07, 6.45) is 80.2. The molecule has 0 N–H and O–H groups in total. The van der Waals surface area contributed by atoms with Gasteiger partial charge >= 0.3 is 17.9 Å². The molecule has 0 rings (SSSR count). The molecule has 1 unspecified atom stereocenters. The quantitative estimate of drug-likeness (QED) is 0.0343. The van der Waals surface area contributed by atoms with E-state index in [0.717, 1.165) is 57.8 Å². The number of hydrogen-bond acceptors (Lipinski definition) is 6. The van der Waals surface area contributed by atoms with Crippen LogP contribution in [0.2, 0.25) is 0 Å². The minimum atomic E-state index is -0.762. The van der Waals surface area contributed by atoms with Crippen molar-refractivity contribution in [2.45, 2.75) is 431 Å². The molecule has 0 amide bonds. The highest BCUT2D eigenvalue weighted by Crippen LogP contribution is 2.20. The average Bonchev–Trinajstić information content (AvgIpc) is 3.44. The minimum absolute atomic E-state index is 0.0607. The normalized spacial score (nSPS) is 11.9. The lowest BCUT2D eigenvalue weighted by atomic mass is 10.0. The molecule has 0 aromatic carbocycles. The monoisotopic (exact) mass is 1100 g/mol. The zero-order valence-corrected chi connectivity index (χ0v) is 53.5. The standard InChI is InChI=1S/C72H140O6/c1-4-7-10-13-16-19-21-23-25-27-29-31-33-34-35-36-37-39-40-42-44-46-48-50-53-56-59-62-65-71(74)77-68-69(67-76-70(73)64-61-58-55-52-18-15-12-9-6-3)78-72(75)66-63-60-57-54-51-49-47-45-43-41-38-32-30-28-26-24-22-20-17-14-11-8-5-2/h69H,4-68H2,1-3H3. The van der Waals surface area contributed by atoms with E-state index in [-0.39, 0.29) is 31.1 Å². The molecule has 0 saturated heterocycles. The van der Waals surface area contributed by atoms with Crippen LogP contribution in [0, 0.1) is 0 Å². The molecule has 0 aliphatic rings. The zero-order chi connectivity index (χ0) is 56.4. The first-order chi connectivity index (χ1) is 38.5. The predicted octanol–water partition coefficient (Wildman–Crippen LogP) is 24.6. The molecule has 464 valence electrons. The Kier molecular flexibility index (Phi) is 66.5. The van der Waals surface area contributed by atoms with Gasteiger partial charge in [0.25, 0.3) is 0 Å². The lowest BCUT2D eigenvalue weighted by molar-refractivity contribution is -0.167. The molecule has 0 radical (unpaired) electrons. The number of unbranched alkanes of at least 4 members (excludes halogenated alkanes) is 57. The van der Waals surface area contributed by atoms with Crippen molar-refractivity contribution in [3.63, 3.8) is 0 Å². The largest absolute Gasteiger partial charge is 0.462 e. The summed E-state index contributed by atoms with van der Waals surface area (Å²) in [7, 11) is 0. The first-order valence-electron chi connectivity index (χ1n) is 36.0. The van der Waals surface area contributed by atoms with Crippen LogP contribution >= 0.6 is 0 Å². The maximum atomic E-state index is 12.9. The van der Waals surface area contributed by atoms with Crippen molar-refractivity contribution < 1.29 is 28.6 Å². The summed E-state index contributed by atoms with van der Waals surface area (Å²) in [5.41, 5.74) is 0. The summed E-state index contributed by atoms with van der Waals surface area (Å²) in [6.45, 7) is 6.72. The summed E-state index contributed by atoms with van der Waals surface area (Å²) in [5.74, 6) is -0.826. The first-order valence-corrected chi connectivity index (χ1v) is 36.0. The summed E-state index contributed by atoms with van der Waals surface area (Å²) in [5, 5.41) is 0. The van der Waals surface area contributed by atoms with Gasteiger partial charge in [-0.05, 0) is 19.3 Å². The van der Waals surface area contributed by atoms with Gasteiger partial charge in [-0.15, -0.1) is 0 Å². The number of rotatable bonds is 68. The Labute approximate surface area is 488 Å². The fraction of sp³-hybridized carbons (Fsp3) is 0.958. The van der Waals surface area contributed by atoms with Crippen LogP contribution in [0.15, 0.2) is 0 Å². The number of hydrogen-bond donors (Lipinski definition) is 0. The highest BCUT2D eigenvalue weighted by atomic mass is 16.6. The fourth-order valence-electron chi connectivity index (χ4n) is 11.5. The zero-order valence-electron chi connectivity index (χ0n) is 53.5.